The van der Waals surface area contributed by atoms with E-state index < -0.39 is 36.4 Å². The van der Waals surface area contributed by atoms with E-state index in [1.807, 2.05) is 0 Å². The lowest BCUT2D eigenvalue weighted by Gasteiger charge is -2.30. The van der Waals surface area contributed by atoms with Gasteiger partial charge in [0.1, 0.15) is 5.41 Å². The quantitative estimate of drug-likeness (QED) is 0.407. The van der Waals surface area contributed by atoms with Crippen molar-refractivity contribution in [2.75, 3.05) is 11.8 Å². The Morgan fingerprint density at radius 3 is 1.92 bits per heavy atom. The molecule has 0 saturated heterocycles. The SMILES string of the molecule is CCOC(=O)C(CC=C(F)F)(CC=C(F)F)c1ccc(N(O)O)cc1. The molecule has 0 radical (unpaired) electrons. The van der Waals surface area contributed by atoms with E-state index >= 15 is 0 Å². The average Bonchev–Trinajstić information content (AvgIpc) is 2.55. The summed E-state index contributed by atoms with van der Waals surface area (Å²) in [6.45, 7) is 1.43. The molecular weight excluding hydrogens is 346 g/mol. The van der Waals surface area contributed by atoms with Crippen molar-refractivity contribution in [1.82, 2.24) is 0 Å². The zero-order chi connectivity index (χ0) is 19.0. The van der Waals surface area contributed by atoms with Crippen LogP contribution in [0, 0.1) is 0 Å². The van der Waals surface area contributed by atoms with E-state index in [4.69, 9.17) is 15.2 Å². The maximum Gasteiger partial charge on any atom is 0.317 e. The third kappa shape index (κ3) is 5.57. The summed E-state index contributed by atoms with van der Waals surface area (Å²) in [6, 6.07) is 4.88. The zero-order valence-electron chi connectivity index (χ0n) is 13.3. The lowest BCUT2D eigenvalue weighted by molar-refractivity contribution is -0.150. The van der Waals surface area contributed by atoms with Crippen molar-refractivity contribution in [1.29, 1.82) is 0 Å². The summed E-state index contributed by atoms with van der Waals surface area (Å²) in [5.74, 6) is -0.942. The molecule has 9 heteroatoms. The minimum absolute atomic E-state index is 0.0661. The van der Waals surface area contributed by atoms with E-state index in [0.717, 1.165) is 0 Å². The molecule has 0 aromatic heterocycles. The molecule has 0 amide bonds. The first kappa shape index (κ1) is 20.7. The molecule has 0 aliphatic rings. The van der Waals surface area contributed by atoms with Crippen molar-refractivity contribution in [2.45, 2.75) is 25.2 Å². The van der Waals surface area contributed by atoms with Gasteiger partial charge in [0.15, 0.2) is 0 Å². The summed E-state index contributed by atoms with van der Waals surface area (Å²) >= 11 is 0. The number of esters is 1. The number of hydrogen-bond donors (Lipinski definition) is 2. The Kier molecular flexibility index (Phi) is 7.59. The van der Waals surface area contributed by atoms with Crippen molar-refractivity contribution in [3.05, 3.63) is 54.1 Å². The smallest absolute Gasteiger partial charge is 0.317 e. The topological polar surface area (TPSA) is 70.0 Å². The molecular formula is C16H17F4NO4. The Labute approximate surface area is 141 Å². The van der Waals surface area contributed by atoms with Crippen LogP contribution in [-0.2, 0) is 14.9 Å². The molecule has 0 atom stereocenters. The number of ether oxygens (including phenoxy) is 1. The number of rotatable bonds is 8. The van der Waals surface area contributed by atoms with Gasteiger partial charge in [-0.25, -0.2) is 0 Å². The van der Waals surface area contributed by atoms with Crippen LogP contribution in [0.2, 0.25) is 0 Å². The van der Waals surface area contributed by atoms with Gasteiger partial charge in [0.2, 0.25) is 0 Å². The normalized spacial score (nSPS) is 10.8. The van der Waals surface area contributed by atoms with Crippen LogP contribution in [0.3, 0.4) is 0 Å². The molecule has 0 aliphatic heterocycles. The van der Waals surface area contributed by atoms with Gasteiger partial charge < -0.3 is 4.74 Å². The molecule has 0 heterocycles. The summed E-state index contributed by atoms with van der Waals surface area (Å²) in [4.78, 5) is 12.4. The summed E-state index contributed by atoms with van der Waals surface area (Å²) < 4.78 is 55.2. The number of carbonyl (C=O) groups is 1. The van der Waals surface area contributed by atoms with E-state index in [1.54, 1.807) is 0 Å². The fourth-order valence-corrected chi connectivity index (χ4v) is 2.29. The van der Waals surface area contributed by atoms with E-state index in [0.29, 0.717) is 12.2 Å². The first-order chi connectivity index (χ1) is 11.7. The Morgan fingerprint density at radius 2 is 1.56 bits per heavy atom. The van der Waals surface area contributed by atoms with E-state index in [2.05, 4.69) is 0 Å². The monoisotopic (exact) mass is 363 g/mol. The predicted molar refractivity (Wildman–Crippen MR) is 80.6 cm³/mol. The molecule has 0 bridgehead atoms. The van der Waals surface area contributed by atoms with Gasteiger partial charge in [0, 0.05) is 0 Å². The summed E-state index contributed by atoms with van der Waals surface area (Å²) in [7, 11) is 0. The average molecular weight is 363 g/mol. The molecule has 1 rings (SSSR count). The molecule has 0 fully saturated rings. The largest absolute Gasteiger partial charge is 0.465 e. The Bertz CT molecular complexity index is 616. The number of halogens is 4. The van der Waals surface area contributed by atoms with Crippen molar-refractivity contribution < 1.29 is 37.5 Å². The van der Waals surface area contributed by atoms with Gasteiger partial charge in [-0.3, -0.25) is 15.2 Å². The molecule has 1 aromatic carbocycles. The molecule has 25 heavy (non-hydrogen) atoms. The number of nitrogens with zero attached hydrogens (tertiary/aromatic N) is 1. The maximum atomic E-state index is 12.6. The van der Waals surface area contributed by atoms with Crippen LogP contribution in [0.1, 0.15) is 25.3 Å². The van der Waals surface area contributed by atoms with Gasteiger partial charge >= 0.3 is 5.97 Å². The molecule has 2 N–H and O–H groups in total. The Balaban J connectivity index is 3.45. The van der Waals surface area contributed by atoms with Gasteiger partial charge in [0.05, 0.1) is 12.3 Å². The van der Waals surface area contributed by atoms with E-state index in [-0.39, 0.29) is 23.1 Å². The third-order valence-corrected chi connectivity index (χ3v) is 3.53. The minimum atomic E-state index is -2.06. The van der Waals surface area contributed by atoms with E-state index in [9.17, 15) is 22.4 Å². The number of hydrogen-bond acceptors (Lipinski definition) is 5. The molecule has 0 spiro atoms. The number of benzene rings is 1. The van der Waals surface area contributed by atoms with Crippen LogP contribution in [0.25, 0.3) is 0 Å². The second-order valence-electron chi connectivity index (χ2n) is 5.03. The van der Waals surface area contributed by atoms with Crippen molar-refractivity contribution in [3.63, 3.8) is 0 Å². The maximum absolute atomic E-state index is 12.6. The van der Waals surface area contributed by atoms with Crippen LogP contribution in [-0.4, -0.2) is 23.0 Å². The van der Waals surface area contributed by atoms with Crippen molar-refractivity contribution in [2.24, 2.45) is 0 Å². The van der Waals surface area contributed by atoms with Gasteiger partial charge in [-0.1, -0.05) is 12.1 Å². The summed E-state index contributed by atoms with van der Waals surface area (Å²) in [5.41, 5.74) is -1.76. The fourth-order valence-electron chi connectivity index (χ4n) is 2.29. The van der Waals surface area contributed by atoms with Crippen LogP contribution in [0.4, 0.5) is 23.2 Å². The predicted octanol–water partition coefficient (Wildman–Crippen LogP) is 4.41. The van der Waals surface area contributed by atoms with Crippen LogP contribution in [0.15, 0.2) is 48.6 Å². The highest BCUT2D eigenvalue weighted by atomic mass is 19.3. The van der Waals surface area contributed by atoms with E-state index in [1.165, 1.54) is 31.2 Å². The lowest BCUT2D eigenvalue weighted by Crippen LogP contribution is -2.37. The molecule has 138 valence electrons. The van der Waals surface area contributed by atoms with Gasteiger partial charge in [-0.15, -0.1) is 5.23 Å². The number of anilines is 1. The molecule has 0 aliphatic carbocycles. The molecule has 0 saturated carbocycles. The third-order valence-electron chi connectivity index (χ3n) is 3.53. The van der Waals surface area contributed by atoms with Gasteiger partial charge in [0.25, 0.3) is 12.2 Å². The summed E-state index contributed by atoms with van der Waals surface area (Å²) in [6.07, 6.45) is -4.35. The highest BCUT2D eigenvalue weighted by molar-refractivity contribution is 5.84. The standard InChI is InChI=1S/C16H17F4NO4/c1-2-25-15(22)16(9-7-13(17)18,10-8-14(19)20)11-3-5-12(6-4-11)21(23)24/h3-8,23-24H,2,9-10H2,1H3. The molecule has 5 nitrogen and oxygen atoms in total. The second kappa shape index (κ2) is 9.19. The van der Waals surface area contributed by atoms with Crippen LogP contribution >= 0.6 is 0 Å². The Morgan fingerprint density at radius 1 is 1.08 bits per heavy atom. The fraction of sp³-hybridized carbons (Fsp3) is 0.312. The van der Waals surface area contributed by atoms with Crippen LogP contribution in [0.5, 0.6) is 0 Å². The lowest BCUT2D eigenvalue weighted by atomic mass is 9.74. The van der Waals surface area contributed by atoms with Gasteiger partial charge in [-0.05, 0) is 49.6 Å². The number of allylic oxidation sites excluding steroid dienone is 2. The molecule has 1 aromatic rings. The first-order valence-electron chi connectivity index (χ1n) is 7.21. The minimum Gasteiger partial charge on any atom is -0.465 e. The Hall–Kier alpha value is -2.39. The van der Waals surface area contributed by atoms with Crippen LogP contribution < -0.4 is 5.23 Å². The number of carbonyl (C=O) groups excluding carboxylic acids is 1. The highest BCUT2D eigenvalue weighted by Gasteiger charge is 2.40. The second-order valence-corrected chi connectivity index (χ2v) is 5.03. The first-order valence-corrected chi connectivity index (χ1v) is 7.21. The summed E-state index contributed by atoms with van der Waals surface area (Å²) in [5, 5.41) is 17.7. The molecule has 0 unspecified atom stereocenters. The van der Waals surface area contributed by atoms with Gasteiger partial charge in [-0.2, -0.15) is 17.6 Å². The van der Waals surface area contributed by atoms with Crippen molar-refractivity contribution >= 4 is 11.7 Å². The van der Waals surface area contributed by atoms with Crippen molar-refractivity contribution in [3.8, 4) is 0 Å². The highest BCUT2D eigenvalue weighted by Crippen LogP contribution is 2.36. The zero-order valence-corrected chi connectivity index (χ0v) is 13.3.